The Morgan fingerprint density at radius 1 is 1.00 bits per heavy atom. The molecular formula is C20H28N2O4. The Hall–Kier alpha value is -2.24. The molecule has 2 fully saturated rings. The molecule has 0 bridgehead atoms. The highest BCUT2D eigenvalue weighted by Gasteiger charge is 2.48. The molecule has 0 aliphatic heterocycles. The van der Waals surface area contributed by atoms with Crippen LogP contribution in [0, 0.1) is 11.8 Å². The zero-order valence-electron chi connectivity index (χ0n) is 15.3. The van der Waals surface area contributed by atoms with Crippen molar-refractivity contribution in [3.8, 4) is 11.5 Å². The van der Waals surface area contributed by atoms with Crippen LogP contribution in [0.1, 0.15) is 38.5 Å². The molecule has 26 heavy (non-hydrogen) atoms. The number of ether oxygens (including phenoxy) is 2. The van der Waals surface area contributed by atoms with E-state index in [1.54, 1.807) is 7.11 Å². The molecule has 1 aromatic rings. The molecule has 2 saturated carbocycles. The highest BCUT2D eigenvalue weighted by molar-refractivity contribution is 5.92. The zero-order chi connectivity index (χ0) is 18.4. The maximum absolute atomic E-state index is 12.2. The Kier molecular flexibility index (Phi) is 6.36. The first-order chi connectivity index (χ1) is 12.7. The van der Waals surface area contributed by atoms with Crippen molar-refractivity contribution in [1.29, 1.82) is 0 Å². The van der Waals surface area contributed by atoms with Crippen molar-refractivity contribution < 1.29 is 19.1 Å². The van der Waals surface area contributed by atoms with Crippen LogP contribution in [0.4, 0.5) is 0 Å². The van der Waals surface area contributed by atoms with Gasteiger partial charge in [0.25, 0.3) is 0 Å². The molecule has 6 nitrogen and oxygen atoms in total. The van der Waals surface area contributed by atoms with Crippen molar-refractivity contribution in [3.63, 3.8) is 0 Å². The monoisotopic (exact) mass is 360 g/mol. The standard InChI is InChI=1S/C20H28N2O4/c1-25-15-7-9-16(10-8-15)26-12-11-21-19(23)17-13-18(17)20(24)22-14-5-3-2-4-6-14/h7-10,14,17-18H,2-6,11-13H2,1H3,(H,21,23)(H,22,24). The van der Waals surface area contributed by atoms with Crippen molar-refractivity contribution in [2.45, 2.75) is 44.6 Å². The summed E-state index contributed by atoms with van der Waals surface area (Å²) >= 11 is 0. The SMILES string of the molecule is COc1ccc(OCCNC(=O)C2CC2C(=O)NC2CCCCC2)cc1. The zero-order valence-corrected chi connectivity index (χ0v) is 15.3. The van der Waals surface area contributed by atoms with Crippen molar-refractivity contribution in [3.05, 3.63) is 24.3 Å². The Morgan fingerprint density at radius 3 is 2.35 bits per heavy atom. The summed E-state index contributed by atoms with van der Waals surface area (Å²) in [5.74, 6) is 1.17. The van der Waals surface area contributed by atoms with E-state index in [9.17, 15) is 9.59 Å². The summed E-state index contributed by atoms with van der Waals surface area (Å²) in [6.45, 7) is 0.821. The Labute approximate surface area is 154 Å². The quantitative estimate of drug-likeness (QED) is 0.697. The smallest absolute Gasteiger partial charge is 0.224 e. The molecule has 1 aromatic carbocycles. The lowest BCUT2D eigenvalue weighted by molar-refractivity contribution is -0.127. The average molecular weight is 360 g/mol. The predicted molar refractivity (Wildman–Crippen MR) is 98.1 cm³/mol. The normalized spacial score (nSPS) is 22.3. The van der Waals surface area contributed by atoms with Crippen molar-refractivity contribution >= 4 is 11.8 Å². The molecule has 2 unspecified atom stereocenters. The second-order valence-electron chi connectivity index (χ2n) is 7.11. The van der Waals surface area contributed by atoms with Gasteiger partial charge >= 0.3 is 0 Å². The van der Waals surface area contributed by atoms with Gasteiger partial charge in [0.2, 0.25) is 11.8 Å². The van der Waals surface area contributed by atoms with Gasteiger partial charge in [-0.25, -0.2) is 0 Å². The molecule has 2 N–H and O–H groups in total. The van der Waals surface area contributed by atoms with Gasteiger partial charge in [-0.1, -0.05) is 19.3 Å². The molecule has 6 heteroatoms. The third-order valence-corrected chi connectivity index (χ3v) is 5.14. The third-order valence-electron chi connectivity index (χ3n) is 5.14. The van der Waals surface area contributed by atoms with Crippen LogP contribution in [0.3, 0.4) is 0 Å². The molecule has 0 aromatic heterocycles. The van der Waals surface area contributed by atoms with E-state index in [0.29, 0.717) is 25.6 Å². The molecule has 2 atom stereocenters. The van der Waals surface area contributed by atoms with Crippen LogP contribution in [0.15, 0.2) is 24.3 Å². The first-order valence-corrected chi connectivity index (χ1v) is 9.52. The average Bonchev–Trinajstić information content (AvgIpc) is 3.47. The van der Waals surface area contributed by atoms with Crippen LogP contribution in [0.2, 0.25) is 0 Å². The van der Waals surface area contributed by atoms with Gasteiger partial charge in [-0.3, -0.25) is 9.59 Å². The van der Waals surface area contributed by atoms with E-state index in [2.05, 4.69) is 10.6 Å². The molecule has 2 aliphatic carbocycles. The van der Waals surface area contributed by atoms with E-state index in [1.807, 2.05) is 24.3 Å². The van der Waals surface area contributed by atoms with Crippen LogP contribution in [-0.4, -0.2) is 38.1 Å². The maximum Gasteiger partial charge on any atom is 0.224 e. The second kappa shape index (κ2) is 8.92. The third kappa shape index (κ3) is 5.13. The molecule has 0 saturated heterocycles. The van der Waals surface area contributed by atoms with Gasteiger partial charge < -0.3 is 20.1 Å². The minimum absolute atomic E-state index is 0.0477. The Bertz CT molecular complexity index is 611. The number of hydrogen-bond donors (Lipinski definition) is 2. The van der Waals surface area contributed by atoms with Crippen molar-refractivity contribution in [1.82, 2.24) is 10.6 Å². The van der Waals surface area contributed by atoms with E-state index in [4.69, 9.17) is 9.47 Å². The molecule has 3 rings (SSSR count). The van der Waals surface area contributed by atoms with Gasteiger partial charge in [0.1, 0.15) is 18.1 Å². The van der Waals surface area contributed by atoms with E-state index in [-0.39, 0.29) is 23.7 Å². The molecule has 0 heterocycles. The molecule has 2 amide bonds. The van der Waals surface area contributed by atoms with Crippen molar-refractivity contribution in [2.24, 2.45) is 11.8 Å². The number of methoxy groups -OCH3 is 1. The highest BCUT2D eigenvalue weighted by atomic mass is 16.5. The lowest BCUT2D eigenvalue weighted by Gasteiger charge is -2.22. The maximum atomic E-state index is 12.2. The van der Waals surface area contributed by atoms with Crippen LogP contribution < -0.4 is 20.1 Å². The molecule has 0 radical (unpaired) electrons. The number of rotatable bonds is 8. The fourth-order valence-corrected chi connectivity index (χ4v) is 3.48. The topological polar surface area (TPSA) is 76.7 Å². The van der Waals surface area contributed by atoms with Crippen molar-refractivity contribution in [2.75, 3.05) is 20.3 Å². The van der Waals surface area contributed by atoms with Crippen LogP contribution in [0.25, 0.3) is 0 Å². The Balaban J connectivity index is 1.31. The Morgan fingerprint density at radius 2 is 1.65 bits per heavy atom. The first kappa shape index (κ1) is 18.5. The van der Waals surface area contributed by atoms with Crippen LogP contribution in [0.5, 0.6) is 11.5 Å². The molecule has 2 aliphatic rings. The summed E-state index contributed by atoms with van der Waals surface area (Å²) in [5.41, 5.74) is 0. The second-order valence-corrected chi connectivity index (χ2v) is 7.11. The van der Waals surface area contributed by atoms with E-state index >= 15 is 0 Å². The lowest BCUT2D eigenvalue weighted by Crippen LogP contribution is -2.38. The summed E-state index contributed by atoms with van der Waals surface area (Å²) in [6, 6.07) is 7.61. The summed E-state index contributed by atoms with van der Waals surface area (Å²) in [7, 11) is 1.62. The summed E-state index contributed by atoms with van der Waals surface area (Å²) in [4.78, 5) is 24.4. The summed E-state index contributed by atoms with van der Waals surface area (Å²) < 4.78 is 10.7. The number of hydrogen-bond acceptors (Lipinski definition) is 4. The number of nitrogens with one attached hydrogen (secondary N) is 2. The van der Waals surface area contributed by atoms with E-state index in [1.165, 1.54) is 19.3 Å². The van der Waals surface area contributed by atoms with Gasteiger partial charge in [0, 0.05) is 6.04 Å². The minimum Gasteiger partial charge on any atom is -0.497 e. The molecule has 142 valence electrons. The summed E-state index contributed by atoms with van der Waals surface area (Å²) in [5, 5.41) is 5.97. The fraction of sp³-hybridized carbons (Fsp3) is 0.600. The predicted octanol–water partition coefficient (Wildman–Crippen LogP) is 2.28. The number of amides is 2. The number of carbonyl (C=O) groups excluding carboxylic acids is 2. The molecular weight excluding hydrogens is 332 g/mol. The molecule has 0 spiro atoms. The van der Waals surface area contributed by atoms with Gasteiger partial charge in [-0.15, -0.1) is 0 Å². The van der Waals surface area contributed by atoms with Gasteiger partial charge in [-0.05, 0) is 43.5 Å². The highest BCUT2D eigenvalue weighted by Crippen LogP contribution is 2.39. The number of benzene rings is 1. The van der Waals surface area contributed by atoms with Crippen LogP contribution >= 0.6 is 0 Å². The largest absolute Gasteiger partial charge is 0.497 e. The lowest BCUT2D eigenvalue weighted by atomic mass is 9.95. The summed E-state index contributed by atoms with van der Waals surface area (Å²) in [6.07, 6.45) is 6.43. The first-order valence-electron chi connectivity index (χ1n) is 9.52. The van der Waals surface area contributed by atoms with Gasteiger partial charge in [0.15, 0.2) is 0 Å². The number of carbonyl (C=O) groups is 2. The van der Waals surface area contributed by atoms with E-state index < -0.39 is 0 Å². The fourth-order valence-electron chi connectivity index (χ4n) is 3.48. The minimum atomic E-state index is -0.181. The van der Waals surface area contributed by atoms with Gasteiger partial charge in [-0.2, -0.15) is 0 Å². The van der Waals surface area contributed by atoms with Crippen LogP contribution in [-0.2, 0) is 9.59 Å². The van der Waals surface area contributed by atoms with E-state index in [0.717, 1.165) is 24.3 Å². The van der Waals surface area contributed by atoms with Gasteiger partial charge in [0.05, 0.1) is 25.5 Å².